The van der Waals surface area contributed by atoms with E-state index in [0.717, 1.165) is 0 Å². The number of carbonyl (C=O) groups excluding carboxylic acids is 1. The fourth-order valence-electron chi connectivity index (χ4n) is 0.829. The summed E-state index contributed by atoms with van der Waals surface area (Å²) < 4.78 is 0. The van der Waals surface area contributed by atoms with Crippen molar-refractivity contribution in [3.8, 4) is 0 Å². The lowest BCUT2D eigenvalue weighted by molar-refractivity contribution is -0.136. The third kappa shape index (κ3) is 3.96. The van der Waals surface area contributed by atoms with E-state index in [2.05, 4.69) is 0 Å². The fourth-order valence-corrected chi connectivity index (χ4v) is 0.963. The zero-order valence-corrected chi connectivity index (χ0v) is 9.26. The summed E-state index contributed by atoms with van der Waals surface area (Å²) in [4.78, 5) is 13.0. The molecule has 0 saturated heterocycles. The smallest absolute Gasteiger partial charge is 0.222 e. The maximum Gasteiger partial charge on any atom is 0.222 e. The first-order valence-corrected chi connectivity index (χ1v) is 4.92. The van der Waals surface area contributed by atoms with Crippen LogP contribution in [0.5, 0.6) is 0 Å². The van der Waals surface area contributed by atoms with E-state index in [-0.39, 0.29) is 12.5 Å². The van der Waals surface area contributed by atoms with Crippen LogP contribution in [0, 0.1) is 0 Å². The normalized spacial score (nSPS) is 11.5. The minimum atomic E-state index is -0.483. The van der Waals surface area contributed by atoms with E-state index in [9.17, 15) is 4.79 Å². The van der Waals surface area contributed by atoms with Gasteiger partial charge in [-0.2, -0.15) is 0 Å². The molecule has 13 heavy (non-hydrogen) atoms. The van der Waals surface area contributed by atoms with Crippen LogP contribution >= 0.6 is 11.6 Å². The number of hydrogen-bond donors (Lipinski definition) is 1. The number of carbonyl (C=O) groups is 1. The van der Waals surface area contributed by atoms with Crippen molar-refractivity contribution in [2.75, 3.05) is 19.5 Å². The number of aliphatic hydroxyl groups is 1. The van der Waals surface area contributed by atoms with Crippen molar-refractivity contribution in [2.45, 2.75) is 32.2 Å². The van der Waals surface area contributed by atoms with Gasteiger partial charge >= 0.3 is 0 Å². The Morgan fingerprint density at radius 1 is 1.54 bits per heavy atom. The Hall–Kier alpha value is -0.280. The van der Waals surface area contributed by atoms with Crippen LogP contribution in [0.2, 0.25) is 0 Å². The highest BCUT2D eigenvalue weighted by molar-refractivity contribution is 6.17. The van der Waals surface area contributed by atoms with Crippen LogP contribution in [0.1, 0.15) is 26.7 Å². The summed E-state index contributed by atoms with van der Waals surface area (Å²) >= 11 is 5.48. The second-order valence-corrected chi connectivity index (χ2v) is 4.09. The monoisotopic (exact) mass is 207 g/mol. The zero-order valence-electron chi connectivity index (χ0n) is 8.51. The van der Waals surface area contributed by atoms with Crippen molar-refractivity contribution in [3.05, 3.63) is 0 Å². The van der Waals surface area contributed by atoms with E-state index < -0.39 is 5.54 Å². The Bertz CT molecular complexity index is 171. The van der Waals surface area contributed by atoms with Gasteiger partial charge < -0.3 is 10.0 Å². The predicted octanol–water partition coefficient (Wildman–Crippen LogP) is 1.23. The Morgan fingerprint density at radius 3 is 2.46 bits per heavy atom. The minimum absolute atomic E-state index is 0.0275. The molecule has 0 aromatic carbocycles. The highest BCUT2D eigenvalue weighted by Gasteiger charge is 2.25. The van der Waals surface area contributed by atoms with Gasteiger partial charge in [-0.25, -0.2) is 0 Å². The second kappa shape index (κ2) is 5.45. The number of halogens is 1. The van der Waals surface area contributed by atoms with E-state index in [1.54, 1.807) is 11.9 Å². The van der Waals surface area contributed by atoms with Crippen molar-refractivity contribution in [1.29, 1.82) is 0 Å². The summed E-state index contributed by atoms with van der Waals surface area (Å²) in [6, 6.07) is 0. The van der Waals surface area contributed by atoms with Gasteiger partial charge in [0, 0.05) is 19.3 Å². The van der Waals surface area contributed by atoms with E-state index >= 15 is 0 Å². The summed E-state index contributed by atoms with van der Waals surface area (Å²) in [5, 5.41) is 9.02. The van der Waals surface area contributed by atoms with Crippen LogP contribution in [-0.4, -0.2) is 41.0 Å². The van der Waals surface area contributed by atoms with Gasteiger partial charge in [-0.15, -0.1) is 11.6 Å². The maximum absolute atomic E-state index is 11.5. The fraction of sp³-hybridized carbons (Fsp3) is 0.889. The number of hydrogen-bond acceptors (Lipinski definition) is 2. The summed E-state index contributed by atoms with van der Waals surface area (Å²) in [7, 11) is 1.70. The second-order valence-electron chi connectivity index (χ2n) is 3.72. The van der Waals surface area contributed by atoms with Gasteiger partial charge in [-0.05, 0) is 20.3 Å². The molecule has 0 saturated carbocycles. The van der Waals surface area contributed by atoms with Gasteiger partial charge in [-0.1, -0.05) is 0 Å². The largest absolute Gasteiger partial charge is 0.394 e. The predicted molar refractivity (Wildman–Crippen MR) is 53.9 cm³/mol. The Morgan fingerprint density at radius 2 is 2.08 bits per heavy atom. The van der Waals surface area contributed by atoms with Gasteiger partial charge in [0.1, 0.15) is 0 Å². The highest BCUT2D eigenvalue weighted by atomic mass is 35.5. The molecule has 4 heteroatoms. The van der Waals surface area contributed by atoms with E-state index in [1.165, 1.54) is 0 Å². The van der Waals surface area contributed by atoms with Crippen molar-refractivity contribution >= 4 is 17.5 Å². The molecule has 78 valence electrons. The lowest BCUT2D eigenvalue weighted by Gasteiger charge is -2.34. The third-order valence-electron chi connectivity index (χ3n) is 2.19. The van der Waals surface area contributed by atoms with Crippen LogP contribution in [0.15, 0.2) is 0 Å². The number of rotatable bonds is 5. The van der Waals surface area contributed by atoms with Gasteiger partial charge in [0.2, 0.25) is 5.91 Å². The van der Waals surface area contributed by atoms with Crippen LogP contribution < -0.4 is 0 Å². The lowest BCUT2D eigenvalue weighted by atomic mass is 10.0. The SMILES string of the molecule is CN(C(=O)CCCCl)C(C)(C)CO. The summed E-state index contributed by atoms with van der Waals surface area (Å²) in [6.45, 7) is 3.62. The number of likely N-dealkylation sites (N-methyl/N-ethyl adjacent to an activating group) is 1. The molecule has 0 aliphatic rings. The summed E-state index contributed by atoms with van der Waals surface area (Å²) in [6.07, 6.45) is 1.13. The molecule has 0 spiro atoms. The molecule has 1 N–H and O–H groups in total. The molecule has 0 aromatic rings. The minimum Gasteiger partial charge on any atom is -0.394 e. The molecule has 0 radical (unpaired) electrons. The molecule has 0 atom stereocenters. The quantitative estimate of drug-likeness (QED) is 0.690. The van der Waals surface area contributed by atoms with Crippen LogP contribution in [-0.2, 0) is 4.79 Å². The summed E-state index contributed by atoms with van der Waals surface area (Å²) in [5.41, 5.74) is -0.483. The Kier molecular flexibility index (Phi) is 5.33. The first-order chi connectivity index (χ1) is 5.95. The molecule has 0 aliphatic heterocycles. The number of amides is 1. The van der Waals surface area contributed by atoms with Crippen LogP contribution in [0.25, 0.3) is 0 Å². The molecule has 0 aliphatic carbocycles. The lowest BCUT2D eigenvalue weighted by Crippen LogP contribution is -2.47. The van der Waals surface area contributed by atoms with Crippen molar-refractivity contribution < 1.29 is 9.90 Å². The first kappa shape index (κ1) is 12.7. The van der Waals surface area contributed by atoms with Gasteiger partial charge in [0.15, 0.2) is 0 Å². The number of nitrogens with zero attached hydrogens (tertiary/aromatic N) is 1. The zero-order chi connectivity index (χ0) is 10.5. The van der Waals surface area contributed by atoms with Gasteiger partial charge in [0.05, 0.1) is 12.1 Å². The van der Waals surface area contributed by atoms with E-state index in [0.29, 0.717) is 18.7 Å². The number of aliphatic hydroxyl groups excluding tert-OH is 1. The molecule has 0 aromatic heterocycles. The Balaban J connectivity index is 4.09. The van der Waals surface area contributed by atoms with Gasteiger partial charge in [-0.3, -0.25) is 4.79 Å². The maximum atomic E-state index is 11.5. The average molecular weight is 208 g/mol. The molecule has 0 unspecified atom stereocenters. The van der Waals surface area contributed by atoms with Crippen molar-refractivity contribution in [3.63, 3.8) is 0 Å². The molecular weight excluding hydrogens is 190 g/mol. The number of alkyl halides is 1. The molecule has 3 nitrogen and oxygen atoms in total. The molecule has 0 bridgehead atoms. The summed E-state index contributed by atoms with van der Waals surface area (Å²) in [5.74, 6) is 0.527. The average Bonchev–Trinajstić information content (AvgIpc) is 2.12. The molecule has 0 fully saturated rings. The molecule has 0 rings (SSSR count). The third-order valence-corrected chi connectivity index (χ3v) is 2.46. The standard InChI is InChI=1S/C9H18ClNO2/c1-9(2,7-12)11(3)8(13)5-4-6-10/h12H,4-7H2,1-3H3. The van der Waals surface area contributed by atoms with E-state index in [4.69, 9.17) is 16.7 Å². The van der Waals surface area contributed by atoms with Crippen LogP contribution in [0.3, 0.4) is 0 Å². The van der Waals surface area contributed by atoms with Crippen LogP contribution in [0.4, 0.5) is 0 Å². The van der Waals surface area contributed by atoms with Crippen molar-refractivity contribution in [2.24, 2.45) is 0 Å². The highest BCUT2D eigenvalue weighted by Crippen LogP contribution is 2.12. The van der Waals surface area contributed by atoms with E-state index in [1.807, 2.05) is 13.8 Å². The Labute approximate surface area is 84.7 Å². The molecular formula is C9H18ClNO2. The molecule has 0 heterocycles. The van der Waals surface area contributed by atoms with Crippen molar-refractivity contribution in [1.82, 2.24) is 4.90 Å². The topological polar surface area (TPSA) is 40.5 Å². The first-order valence-electron chi connectivity index (χ1n) is 4.39. The van der Waals surface area contributed by atoms with Gasteiger partial charge in [0.25, 0.3) is 0 Å². The molecule has 1 amide bonds.